The first-order chi connectivity index (χ1) is 11.1. The number of halogens is 1. The molecule has 0 heterocycles. The second-order valence-electron chi connectivity index (χ2n) is 5.78. The lowest BCUT2D eigenvalue weighted by Gasteiger charge is -2.17. The molecule has 2 aromatic rings. The van der Waals surface area contributed by atoms with Gasteiger partial charge >= 0.3 is 0 Å². The van der Waals surface area contributed by atoms with E-state index in [9.17, 15) is 9.18 Å². The summed E-state index contributed by atoms with van der Waals surface area (Å²) in [6, 6.07) is 14.2. The van der Waals surface area contributed by atoms with Gasteiger partial charge in [0.05, 0.1) is 6.61 Å². The molecule has 0 fully saturated rings. The first-order valence-electron chi connectivity index (χ1n) is 8.07. The summed E-state index contributed by atoms with van der Waals surface area (Å²) < 4.78 is 19.2. The van der Waals surface area contributed by atoms with E-state index in [0.29, 0.717) is 13.0 Å². The molecule has 23 heavy (non-hydrogen) atoms. The van der Waals surface area contributed by atoms with Crippen molar-refractivity contribution in [3.8, 4) is 5.75 Å². The molecule has 0 saturated heterocycles. The number of carbonyl (C=O) groups is 1. The van der Waals surface area contributed by atoms with Crippen LogP contribution in [0.25, 0.3) is 0 Å². The van der Waals surface area contributed by atoms with Gasteiger partial charge in [0.2, 0.25) is 0 Å². The zero-order valence-corrected chi connectivity index (χ0v) is 13.7. The van der Waals surface area contributed by atoms with E-state index in [0.717, 1.165) is 29.7 Å². The highest BCUT2D eigenvalue weighted by Crippen LogP contribution is 2.30. The molecular formula is C20H23FO2. The van der Waals surface area contributed by atoms with Gasteiger partial charge in [-0.05, 0) is 48.7 Å². The largest absolute Gasteiger partial charge is 0.494 e. The maximum absolute atomic E-state index is 13.5. The van der Waals surface area contributed by atoms with Crippen molar-refractivity contribution in [1.82, 2.24) is 0 Å². The molecule has 0 saturated carbocycles. The van der Waals surface area contributed by atoms with Crippen LogP contribution in [0.1, 0.15) is 50.2 Å². The number of unbranched alkanes of at least 4 members (excludes halogenated alkanes) is 1. The number of rotatable bonds is 8. The Bertz CT molecular complexity index is 634. The molecule has 0 aliphatic heterocycles. The molecule has 0 spiro atoms. The van der Waals surface area contributed by atoms with Crippen LogP contribution in [0.4, 0.5) is 4.39 Å². The van der Waals surface area contributed by atoms with Crippen molar-refractivity contribution in [1.29, 1.82) is 0 Å². The summed E-state index contributed by atoms with van der Waals surface area (Å²) in [5.74, 6) is 0.494. The highest BCUT2D eigenvalue weighted by atomic mass is 19.1. The maximum atomic E-state index is 13.5. The predicted octanol–water partition coefficient (Wildman–Crippen LogP) is 5.12. The first kappa shape index (κ1) is 17.2. The van der Waals surface area contributed by atoms with Crippen LogP contribution in [-0.2, 0) is 4.79 Å². The van der Waals surface area contributed by atoms with Crippen molar-refractivity contribution < 1.29 is 13.9 Å². The Hall–Kier alpha value is -2.16. The van der Waals surface area contributed by atoms with Crippen molar-refractivity contribution in [2.24, 2.45) is 0 Å². The summed E-state index contributed by atoms with van der Waals surface area (Å²) >= 11 is 0. The Morgan fingerprint density at radius 1 is 1.13 bits per heavy atom. The SMILES string of the molecule is CCCCOc1ccc(C(CC(C)=O)c2cccc(F)c2)cc1. The van der Waals surface area contributed by atoms with Gasteiger partial charge in [-0.25, -0.2) is 4.39 Å². The average molecular weight is 314 g/mol. The number of hydrogen-bond acceptors (Lipinski definition) is 2. The van der Waals surface area contributed by atoms with Crippen molar-refractivity contribution in [3.63, 3.8) is 0 Å². The van der Waals surface area contributed by atoms with E-state index in [1.54, 1.807) is 13.0 Å². The van der Waals surface area contributed by atoms with Gasteiger partial charge in [-0.2, -0.15) is 0 Å². The van der Waals surface area contributed by atoms with E-state index < -0.39 is 0 Å². The fourth-order valence-electron chi connectivity index (χ4n) is 2.57. The topological polar surface area (TPSA) is 26.3 Å². The van der Waals surface area contributed by atoms with Gasteiger partial charge in [-0.3, -0.25) is 4.79 Å². The molecule has 0 aliphatic carbocycles. The predicted molar refractivity (Wildman–Crippen MR) is 90.4 cm³/mol. The number of benzene rings is 2. The highest BCUT2D eigenvalue weighted by molar-refractivity contribution is 5.77. The molecule has 0 radical (unpaired) electrons. The smallest absolute Gasteiger partial charge is 0.130 e. The lowest BCUT2D eigenvalue weighted by atomic mass is 9.87. The van der Waals surface area contributed by atoms with E-state index >= 15 is 0 Å². The maximum Gasteiger partial charge on any atom is 0.130 e. The third-order valence-electron chi connectivity index (χ3n) is 3.79. The van der Waals surface area contributed by atoms with Crippen LogP contribution in [-0.4, -0.2) is 12.4 Å². The fraction of sp³-hybridized carbons (Fsp3) is 0.350. The molecule has 1 unspecified atom stereocenters. The number of carbonyl (C=O) groups excluding carboxylic acids is 1. The van der Waals surface area contributed by atoms with Crippen LogP contribution in [0.2, 0.25) is 0 Å². The quantitative estimate of drug-likeness (QED) is 0.632. The van der Waals surface area contributed by atoms with Crippen LogP contribution in [0, 0.1) is 5.82 Å². The number of Topliss-reactive ketones (excluding diaryl/α,β-unsaturated/α-hetero) is 1. The van der Waals surface area contributed by atoms with Crippen molar-refractivity contribution >= 4 is 5.78 Å². The van der Waals surface area contributed by atoms with Crippen molar-refractivity contribution in [3.05, 3.63) is 65.5 Å². The van der Waals surface area contributed by atoms with E-state index in [1.807, 2.05) is 30.3 Å². The third kappa shape index (κ3) is 5.20. The van der Waals surface area contributed by atoms with Gasteiger partial charge in [-0.15, -0.1) is 0 Å². The molecule has 0 aliphatic rings. The molecule has 0 aromatic heterocycles. The Morgan fingerprint density at radius 2 is 1.87 bits per heavy atom. The van der Waals surface area contributed by atoms with Gasteiger partial charge < -0.3 is 4.74 Å². The monoisotopic (exact) mass is 314 g/mol. The van der Waals surface area contributed by atoms with Crippen LogP contribution < -0.4 is 4.74 Å². The van der Waals surface area contributed by atoms with Gasteiger partial charge in [-0.1, -0.05) is 37.6 Å². The molecule has 2 nitrogen and oxygen atoms in total. The van der Waals surface area contributed by atoms with Crippen molar-refractivity contribution in [2.75, 3.05) is 6.61 Å². The summed E-state index contributed by atoms with van der Waals surface area (Å²) in [4.78, 5) is 11.6. The third-order valence-corrected chi connectivity index (χ3v) is 3.79. The standard InChI is InChI=1S/C20H23FO2/c1-3-4-12-23-19-10-8-16(9-11-19)20(13-15(2)22)17-6-5-7-18(21)14-17/h5-11,14,20H,3-4,12-13H2,1-2H3. The lowest BCUT2D eigenvalue weighted by molar-refractivity contribution is -0.117. The Balaban J connectivity index is 2.20. The molecule has 0 bridgehead atoms. The summed E-state index contributed by atoms with van der Waals surface area (Å²) in [6.45, 7) is 4.39. The van der Waals surface area contributed by atoms with Gasteiger partial charge in [0.1, 0.15) is 17.3 Å². The fourth-order valence-corrected chi connectivity index (χ4v) is 2.57. The highest BCUT2D eigenvalue weighted by Gasteiger charge is 2.17. The summed E-state index contributed by atoms with van der Waals surface area (Å²) in [5.41, 5.74) is 1.81. The van der Waals surface area contributed by atoms with Gasteiger partial charge in [0.15, 0.2) is 0 Å². The van der Waals surface area contributed by atoms with Crippen LogP contribution >= 0.6 is 0 Å². The molecule has 1 atom stereocenters. The minimum atomic E-state index is -0.282. The van der Waals surface area contributed by atoms with E-state index in [2.05, 4.69) is 6.92 Å². The zero-order valence-electron chi connectivity index (χ0n) is 13.7. The van der Waals surface area contributed by atoms with Gasteiger partial charge in [0, 0.05) is 12.3 Å². The number of ketones is 1. The molecule has 122 valence electrons. The van der Waals surface area contributed by atoms with Crippen LogP contribution in [0.15, 0.2) is 48.5 Å². The zero-order chi connectivity index (χ0) is 16.7. The van der Waals surface area contributed by atoms with Crippen LogP contribution in [0.5, 0.6) is 5.75 Å². The van der Waals surface area contributed by atoms with Crippen molar-refractivity contribution in [2.45, 2.75) is 39.0 Å². The van der Waals surface area contributed by atoms with Crippen LogP contribution in [0.3, 0.4) is 0 Å². The number of ether oxygens (including phenoxy) is 1. The number of hydrogen-bond donors (Lipinski definition) is 0. The second-order valence-corrected chi connectivity index (χ2v) is 5.78. The summed E-state index contributed by atoms with van der Waals surface area (Å²) in [6.07, 6.45) is 2.48. The second kappa shape index (κ2) is 8.47. The Morgan fingerprint density at radius 3 is 2.48 bits per heavy atom. The summed E-state index contributed by atoms with van der Waals surface area (Å²) in [5, 5.41) is 0. The van der Waals surface area contributed by atoms with E-state index in [-0.39, 0.29) is 17.5 Å². The minimum Gasteiger partial charge on any atom is -0.494 e. The Kier molecular flexibility index (Phi) is 6.33. The minimum absolute atomic E-state index is 0.0857. The Labute approximate surface area is 137 Å². The molecule has 3 heteroatoms. The molecule has 0 amide bonds. The first-order valence-corrected chi connectivity index (χ1v) is 8.07. The molecule has 2 aromatic carbocycles. The van der Waals surface area contributed by atoms with Gasteiger partial charge in [0.25, 0.3) is 0 Å². The normalized spacial score (nSPS) is 12.0. The molecule has 0 N–H and O–H groups in total. The molecule has 2 rings (SSSR count). The lowest BCUT2D eigenvalue weighted by Crippen LogP contribution is -2.07. The van der Waals surface area contributed by atoms with E-state index in [1.165, 1.54) is 12.1 Å². The van der Waals surface area contributed by atoms with E-state index in [4.69, 9.17) is 4.74 Å². The summed E-state index contributed by atoms with van der Waals surface area (Å²) in [7, 11) is 0. The molecular weight excluding hydrogens is 291 g/mol. The average Bonchev–Trinajstić information content (AvgIpc) is 2.53.